The summed E-state index contributed by atoms with van der Waals surface area (Å²) < 4.78 is 96.3. The van der Waals surface area contributed by atoms with E-state index >= 15 is 0 Å². The van der Waals surface area contributed by atoms with Gasteiger partial charge < -0.3 is 5.11 Å². The van der Waals surface area contributed by atoms with Gasteiger partial charge in [0.2, 0.25) is 0 Å². The standard InChI is InChI=1S/C19H9F7O.Y/c20-7-8-1-11(21)17(12(22)2-8)9-3-13(23)18(14(24)4-9)10-5-15(25)19(27)16(26)6-10;/h1-6,27H,7H2;. The smallest absolute Gasteiger partial charge is 0.187 e. The molecule has 1 N–H and O–H groups in total. The zero-order valence-corrected chi connectivity index (χ0v) is 16.7. The Hall–Kier alpha value is -1.93. The molecule has 0 atom stereocenters. The molecule has 0 aliphatic carbocycles. The van der Waals surface area contributed by atoms with Crippen LogP contribution in [-0.2, 0) is 39.4 Å². The molecule has 28 heavy (non-hydrogen) atoms. The Morgan fingerprint density at radius 1 is 0.571 bits per heavy atom. The van der Waals surface area contributed by atoms with E-state index in [1.165, 1.54) is 0 Å². The molecule has 0 saturated heterocycles. The molecule has 0 bridgehead atoms. The number of phenolic OH excluding ortho intramolecular Hbond substituents is 1. The maximum absolute atomic E-state index is 14.4. The summed E-state index contributed by atoms with van der Waals surface area (Å²) in [5, 5.41) is 9.07. The molecule has 3 rings (SSSR count). The maximum Gasteiger partial charge on any atom is 0.187 e. The number of phenols is 1. The van der Waals surface area contributed by atoms with E-state index in [9.17, 15) is 30.7 Å². The van der Waals surface area contributed by atoms with Crippen molar-refractivity contribution < 1.29 is 68.5 Å². The Balaban J connectivity index is 0.00000280. The summed E-state index contributed by atoms with van der Waals surface area (Å²) in [5.41, 5.74) is -2.99. The van der Waals surface area contributed by atoms with Crippen LogP contribution in [0, 0.1) is 34.9 Å². The van der Waals surface area contributed by atoms with Crippen LogP contribution in [0.3, 0.4) is 0 Å². The molecule has 1 nitrogen and oxygen atoms in total. The number of alkyl halides is 1. The van der Waals surface area contributed by atoms with Gasteiger partial charge in [0.05, 0.1) is 11.1 Å². The second-order valence-corrected chi connectivity index (χ2v) is 5.67. The molecule has 3 aromatic carbocycles. The Morgan fingerprint density at radius 2 is 0.893 bits per heavy atom. The van der Waals surface area contributed by atoms with Crippen LogP contribution in [0.4, 0.5) is 30.7 Å². The van der Waals surface area contributed by atoms with Crippen LogP contribution < -0.4 is 0 Å². The van der Waals surface area contributed by atoms with Gasteiger partial charge in [0, 0.05) is 32.7 Å². The van der Waals surface area contributed by atoms with Crippen molar-refractivity contribution in [3.05, 3.63) is 76.9 Å². The summed E-state index contributed by atoms with van der Waals surface area (Å²) in [4.78, 5) is 0. The maximum atomic E-state index is 14.4. The van der Waals surface area contributed by atoms with Gasteiger partial charge in [0.1, 0.15) is 29.9 Å². The van der Waals surface area contributed by atoms with Gasteiger partial charge in [-0.15, -0.1) is 0 Å². The molecule has 9 heteroatoms. The first-order chi connectivity index (χ1) is 12.7. The SMILES string of the molecule is Oc1c(F)cc(-c2c(F)cc(-c3c(F)cc(CF)cc3F)cc2F)cc1F.[Y]. The van der Waals surface area contributed by atoms with E-state index in [1.54, 1.807) is 0 Å². The minimum Gasteiger partial charge on any atom is -0.503 e. The molecule has 143 valence electrons. The van der Waals surface area contributed by atoms with E-state index < -0.39 is 69.6 Å². The molecule has 0 fully saturated rings. The molecule has 0 aliphatic rings. The van der Waals surface area contributed by atoms with Gasteiger partial charge in [-0.1, -0.05) is 0 Å². The number of hydrogen-bond donors (Lipinski definition) is 1. The monoisotopic (exact) mass is 475 g/mol. The molecule has 1 radical (unpaired) electrons. The van der Waals surface area contributed by atoms with Crippen LogP contribution in [0.1, 0.15) is 5.56 Å². The van der Waals surface area contributed by atoms with E-state index in [4.69, 9.17) is 5.11 Å². The predicted octanol–water partition coefficient (Wildman–Crippen LogP) is 6.03. The van der Waals surface area contributed by atoms with Crippen molar-refractivity contribution in [2.24, 2.45) is 0 Å². The van der Waals surface area contributed by atoms with Crippen molar-refractivity contribution in [2.45, 2.75) is 6.67 Å². The van der Waals surface area contributed by atoms with E-state index in [0.717, 1.165) is 0 Å². The minimum absolute atomic E-state index is 0. The Morgan fingerprint density at radius 3 is 1.25 bits per heavy atom. The molecule has 3 aromatic rings. The van der Waals surface area contributed by atoms with Crippen LogP contribution in [0.2, 0.25) is 0 Å². The summed E-state index contributed by atoms with van der Waals surface area (Å²) in [6, 6.07) is 3.56. The summed E-state index contributed by atoms with van der Waals surface area (Å²) in [6.45, 7) is -1.13. The molecule has 0 aliphatic heterocycles. The van der Waals surface area contributed by atoms with E-state index in [2.05, 4.69) is 0 Å². The summed E-state index contributed by atoms with van der Waals surface area (Å²) >= 11 is 0. The molecule has 0 saturated carbocycles. The largest absolute Gasteiger partial charge is 0.503 e. The van der Waals surface area contributed by atoms with Crippen molar-refractivity contribution in [1.29, 1.82) is 0 Å². The first-order valence-electron chi connectivity index (χ1n) is 7.44. The van der Waals surface area contributed by atoms with Crippen molar-refractivity contribution in [2.75, 3.05) is 0 Å². The van der Waals surface area contributed by atoms with Gasteiger partial charge in [-0.25, -0.2) is 30.7 Å². The first-order valence-corrected chi connectivity index (χ1v) is 7.44. The molecule has 0 spiro atoms. The average Bonchev–Trinajstić information content (AvgIpc) is 2.58. The molecule has 0 unspecified atom stereocenters. The van der Waals surface area contributed by atoms with Crippen molar-refractivity contribution >= 4 is 0 Å². The number of hydrogen-bond acceptors (Lipinski definition) is 1. The van der Waals surface area contributed by atoms with Crippen LogP contribution in [0.5, 0.6) is 5.75 Å². The summed E-state index contributed by atoms with van der Waals surface area (Å²) in [7, 11) is 0. The second-order valence-electron chi connectivity index (χ2n) is 5.67. The fourth-order valence-electron chi connectivity index (χ4n) is 2.68. The third kappa shape index (κ3) is 4.08. The van der Waals surface area contributed by atoms with Crippen molar-refractivity contribution in [3.8, 4) is 28.0 Å². The summed E-state index contributed by atoms with van der Waals surface area (Å²) in [5.74, 6) is -9.33. The summed E-state index contributed by atoms with van der Waals surface area (Å²) in [6.07, 6.45) is 0. The number of benzene rings is 3. The molecular formula is C19H9F7OY. The Bertz CT molecular complexity index is 983. The van der Waals surface area contributed by atoms with Crippen LogP contribution in [0.25, 0.3) is 22.3 Å². The fourth-order valence-corrected chi connectivity index (χ4v) is 2.68. The van der Waals surface area contributed by atoms with E-state index in [-0.39, 0.29) is 38.3 Å². The Kier molecular flexibility index (Phi) is 6.88. The van der Waals surface area contributed by atoms with Crippen molar-refractivity contribution in [1.82, 2.24) is 0 Å². The van der Waals surface area contributed by atoms with Crippen molar-refractivity contribution in [3.63, 3.8) is 0 Å². The third-order valence-electron chi connectivity index (χ3n) is 3.89. The van der Waals surface area contributed by atoms with E-state index in [1.807, 2.05) is 0 Å². The average molecular weight is 475 g/mol. The Labute approximate surface area is 179 Å². The molecule has 0 heterocycles. The van der Waals surface area contributed by atoms with Crippen LogP contribution in [-0.4, -0.2) is 5.11 Å². The zero-order chi connectivity index (χ0) is 19.9. The third-order valence-corrected chi connectivity index (χ3v) is 3.89. The van der Waals surface area contributed by atoms with Gasteiger partial charge in [0.15, 0.2) is 17.4 Å². The van der Waals surface area contributed by atoms with Gasteiger partial charge in [-0.05, 0) is 53.1 Å². The second kappa shape index (κ2) is 8.61. The first kappa shape index (κ1) is 22.4. The number of halogens is 7. The normalized spacial score (nSPS) is 10.7. The van der Waals surface area contributed by atoms with Gasteiger partial charge >= 0.3 is 0 Å². The minimum atomic E-state index is -1.44. The number of aromatic hydroxyl groups is 1. The number of rotatable bonds is 3. The quantitative estimate of drug-likeness (QED) is 0.459. The van der Waals surface area contributed by atoms with Gasteiger partial charge in [-0.3, -0.25) is 0 Å². The zero-order valence-electron chi connectivity index (χ0n) is 13.8. The topological polar surface area (TPSA) is 20.2 Å². The van der Waals surface area contributed by atoms with Gasteiger partial charge in [-0.2, -0.15) is 0 Å². The van der Waals surface area contributed by atoms with E-state index in [0.29, 0.717) is 36.4 Å². The van der Waals surface area contributed by atoms with Gasteiger partial charge in [0.25, 0.3) is 0 Å². The molecule has 0 amide bonds. The fraction of sp³-hybridized carbons (Fsp3) is 0.0526. The van der Waals surface area contributed by atoms with Crippen LogP contribution >= 0.6 is 0 Å². The predicted molar refractivity (Wildman–Crippen MR) is 83.5 cm³/mol. The molecular weight excluding hydrogens is 466 g/mol. The molecule has 0 aromatic heterocycles. The van der Waals surface area contributed by atoms with Crippen LogP contribution in [0.15, 0.2) is 36.4 Å².